The zero-order valence-corrected chi connectivity index (χ0v) is 14.7. The fourth-order valence-electron chi connectivity index (χ4n) is 3.18. The third-order valence-corrected chi connectivity index (χ3v) is 6.10. The lowest BCUT2D eigenvalue weighted by molar-refractivity contribution is 0.0280. The van der Waals surface area contributed by atoms with Crippen molar-refractivity contribution < 1.29 is 13.5 Å². The predicted molar refractivity (Wildman–Crippen MR) is 95.0 cm³/mol. The second-order valence-electron chi connectivity index (χ2n) is 6.61. The van der Waals surface area contributed by atoms with Crippen LogP contribution >= 0.6 is 0 Å². The molecule has 3 rings (SSSR count). The highest BCUT2D eigenvalue weighted by molar-refractivity contribution is 7.89. The summed E-state index contributed by atoms with van der Waals surface area (Å²) in [7, 11) is -3.34. The Bertz CT molecular complexity index is 801. The van der Waals surface area contributed by atoms with E-state index in [0.717, 1.165) is 22.9 Å². The second-order valence-corrected chi connectivity index (χ2v) is 8.49. The average molecular weight is 348 g/mol. The minimum atomic E-state index is -3.34. The van der Waals surface area contributed by atoms with Crippen LogP contribution in [0.5, 0.6) is 0 Å². The van der Waals surface area contributed by atoms with Gasteiger partial charge in [-0.25, -0.2) is 13.1 Å². The summed E-state index contributed by atoms with van der Waals surface area (Å²) in [6.07, 6.45) is 4.14. The number of unbranched alkanes of at least 4 members (excludes halogenated alkanes) is 1. The first-order valence-corrected chi connectivity index (χ1v) is 10.2. The maximum absolute atomic E-state index is 12.4. The van der Waals surface area contributed by atoms with E-state index in [1.54, 1.807) is 6.20 Å². The van der Waals surface area contributed by atoms with Gasteiger partial charge in [0.15, 0.2) is 0 Å². The minimum absolute atomic E-state index is 0.111. The molecule has 1 atom stereocenters. The Morgan fingerprint density at radius 3 is 2.79 bits per heavy atom. The Hall–Kier alpha value is -1.50. The van der Waals surface area contributed by atoms with Gasteiger partial charge in [0.2, 0.25) is 10.0 Å². The Labute approximate surface area is 143 Å². The number of para-hydroxylation sites is 1. The van der Waals surface area contributed by atoms with Crippen molar-refractivity contribution in [2.45, 2.75) is 44.8 Å². The Balaban J connectivity index is 1.88. The van der Waals surface area contributed by atoms with Crippen LogP contribution in [0, 0.1) is 5.92 Å². The number of aliphatic hydroxyl groups excluding tert-OH is 1. The molecule has 130 valence electrons. The van der Waals surface area contributed by atoms with Gasteiger partial charge in [-0.2, -0.15) is 0 Å². The van der Waals surface area contributed by atoms with Gasteiger partial charge in [0.25, 0.3) is 0 Å². The Morgan fingerprint density at radius 1 is 1.33 bits per heavy atom. The van der Waals surface area contributed by atoms with Gasteiger partial charge in [-0.1, -0.05) is 31.5 Å². The number of nitrogens with zero attached hydrogens (tertiary/aromatic N) is 1. The fourth-order valence-corrected chi connectivity index (χ4v) is 4.69. The molecule has 1 heterocycles. The zero-order valence-electron chi connectivity index (χ0n) is 13.9. The van der Waals surface area contributed by atoms with Crippen LogP contribution in [0.4, 0.5) is 0 Å². The van der Waals surface area contributed by atoms with Crippen molar-refractivity contribution in [2.75, 3.05) is 5.75 Å². The van der Waals surface area contributed by atoms with E-state index in [9.17, 15) is 13.5 Å². The maximum Gasteiger partial charge on any atom is 0.212 e. The van der Waals surface area contributed by atoms with Crippen molar-refractivity contribution >= 4 is 20.9 Å². The van der Waals surface area contributed by atoms with Gasteiger partial charge in [-0.3, -0.25) is 4.98 Å². The van der Waals surface area contributed by atoms with Gasteiger partial charge in [-0.05, 0) is 42.9 Å². The largest absolute Gasteiger partial charge is 0.393 e. The lowest BCUT2D eigenvalue weighted by Crippen LogP contribution is -2.42. The summed E-state index contributed by atoms with van der Waals surface area (Å²) in [5.74, 6) is 0.246. The number of rotatable bonds is 7. The lowest BCUT2D eigenvalue weighted by atomic mass is 9.75. The van der Waals surface area contributed by atoms with Crippen molar-refractivity contribution in [3.63, 3.8) is 0 Å². The van der Waals surface area contributed by atoms with E-state index in [0.29, 0.717) is 19.3 Å². The molecule has 0 radical (unpaired) electrons. The molecule has 1 aliphatic carbocycles. The quantitative estimate of drug-likeness (QED) is 0.806. The molecule has 6 heteroatoms. The van der Waals surface area contributed by atoms with Crippen LogP contribution in [0.15, 0.2) is 36.5 Å². The molecular formula is C18H24N2O3S. The highest BCUT2D eigenvalue weighted by Gasteiger charge is 2.37. The molecule has 1 saturated carbocycles. The molecule has 24 heavy (non-hydrogen) atoms. The van der Waals surface area contributed by atoms with Crippen molar-refractivity contribution in [1.29, 1.82) is 0 Å². The minimum Gasteiger partial charge on any atom is -0.393 e. The van der Waals surface area contributed by atoms with E-state index in [1.807, 2.05) is 37.3 Å². The number of pyridine rings is 1. The van der Waals surface area contributed by atoms with Crippen molar-refractivity contribution in [2.24, 2.45) is 5.92 Å². The van der Waals surface area contributed by atoms with Gasteiger partial charge < -0.3 is 5.11 Å². The lowest BCUT2D eigenvalue weighted by Gasteiger charge is -2.38. The number of aromatic nitrogens is 1. The van der Waals surface area contributed by atoms with E-state index in [2.05, 4.69) is 9.71 Å². The van der Waals surface area contributed by atoms with Gasteiger partial charge in [0, 0.05) is 11.6 Å². The van der Waals surface area contributed by atoms with E-state index in [-0.39, 0.29) is 23.8 Å². The number of hydrogen-bond donors (Lipinski definition) is 2. The highest BCUT2D eigenvalue weighted by atomic mass is 32.2. The topological polar surface area (TPSA) is 79.3 Å². The molecule has 0 spiro atoms. The molecule has 1 aliphatic rings. The first-order valence-electron chi connectivity index (χ1n) is 8.51. The van der Waals surface area contributed by atoms with E-state index in [4.69, 9.17) is 0 Å². The van der Waals surface area contributed by atoms with E-state index in [1.165, 1.54) is 0 Å². The summed E-state index contributed by atoms with van der Waals surface area (Å²) in [4.78, 5) is 4.46. The van der Waals surface area contributed by atoms with Gasteiger partial charge in [0.05, 0.1) is 23.4 Å². The van der Waals surface area contributed by atoms with Crippen LogP contribution in [0.3, 0.4) is 0 Å². The summed E-state index contributed by atoms with van der Waals surface area (Å²) in [5, 5.41) is 10.6. The van der Waals surface area contributed by atoms with Crippen molar-refractivity contribution in [1.82, 2.24) is 9.71 Å². The number of sulfonamides is 1. The summed E-state index contributed by atoms with van der Waals surface area (Å²) in [5.41, 5.74) is 1.76. The number of hydrogen-bond acceptors (Lipinski definition) is 4. The van der Waals surface area contributed by atoms with Crippen molar-refractivity contribution in [3.05, 3.63) is 42.1 Å². The molecule has 1 aromatic carbocycles. The number of aliphatic hydroxyl groups is 1. The molecule has 0 aliphatic heterocycles. The van der Waals surface area contributed by atoms with Crippen LogP contribution in [-0.4, -0.2) is 30.4 Å². The van der Waals surface area contributed by atoms with Gasteiger partial charge >= 0.3 is 0 Å². The number of nitrogens with one attached hydrogen (secondary N) is 1. The monoisotopic (exact) mass is 348 g/mol. The molecule has 0 amide bonds. The molecule has 1 fully saturated rings. The molecule has 2 N–H and O–H groups in total. The first-order chi connectivity index (χ1) is 11.5. The fraction of sp³-hybridized carbons (Fsp3) is 0.500. The van der Waals surface area contributed by atoms with Crippen LogP contribution in [0.2, 0.25) is 0 Å². The van der Waals surface area contributed by atoms with Gasteiger partial charge in [0.1, 0.15) is 0 Å². The van der Waals surface area contributed by atoms with E-state index >= 15 is 0 Å². The Morgan fingerprint density at radius 2 is 2.08 bits per heavy atom. The predicted octanol–water partition coefficient (Wildman–Crippen LogP) is 2.77. The summed E-state index contributed by atoms with van der Waals surface area (Å²) < 4.78 is 27.6. The van der Waals surface area contributed by atoms with Crippen LogP contribution in [-0.2, 0) is 10.0 Å². The third kappa shape index (κ3) is 3.94. The summed E-state index contributed by atoms with van der Waals surface area (Å²) in [6, 6.07) is 9.47. The summed E-state index contributed by atoms with van der Waals surface area (Å²) >= 11 is 0. The smallest absolute Gasteiger partial charge is 0.212 e. The van der Waals surface area contributed by atoms with Gasteiger partial charge in [-0.15, -0.1) is 0 Å². The summed E-state index contributed by atoms with van der Waals surface area (Å²) in [6.45, 7) is 1.97. The zero-order chi connectivity index (χ0) is 17.2. The SMILES string of the molecule is CCCCS(=O)(=O)N[C@H](c1cnc2ccccc2c1)C1CC(O)C1. The second kappa shape index (κ2) is 7.17. The number of fused-ring (bicyclic) bond motifs is 1. The van der Waals surface area contributed by atoms with Crippen molar-refractivity contribution in [3.8, 4) is 0 Å². The molecule has 5 nitrogen and oxygen atoms in total. The molecular weight excluding hydrogens is 324 g/mol. The average Bonchev–Trinajstić information content (AvgIpc) is 2.55. The maximum atomic E-state index is 12.4. The molecule has 0 saturated heterocycles. The standard InChI is InChI=1S/C18H24N2O3S/c1-2-3-8-24(22,23)20-18(14-10-16(21)11-14)15-9-13-6-4-5-7-17(13)19-12-15/h4-7,9,12,14,16,18,20-21H,2-3,8,10-11H2,1H3/t14?,16?,18-/m0/s1. The van der Waals surface area contributed by atoms with E-state index < -0.39 is 10.0 Å². The molecule has 0 bridgehead atoms. The highest BCUT2D eigenvalue weighted by Crippen LogP contribution is 2.38. The third-order valence-electron chi connectivity index (χ3n) is 4.66. The van der Waals surface area contributed by atoms with Crippen LogP contribution in [0.1, 0.15) is 44.2 Å². The number of benzene rings is 1. The van der Waals surface area contributed by atoms with Crippen LogP contribution < -0.4 is 4.72 Å². The molecule has 2 aromatic rings. The molecule has 0 unspecified atom stereocenters. The Kier molecular flexibility index (Phi) is 5.18. The first kappa shape index (κ1) is 17.3. The molecule has 1 aromatic heterocycles. The van der Waals surface area contributed by atoms with Crippen LogP contribution in [0.25, 0.3) is 10.9 Å². The normalized spacial score (nSPS) is 22.2.